The summed E-state index contributed by atoms with van der Waals surface area (Å²) in [7, 11) is 0. The van der Waals surface area contributed by atoms with Gasteiger partial charge in [0.05, 0.1) is 24.0 Å². The van der Waals surface area contributed by atoms with Gasteiger partial charge in [0.2, 0.25) is 0 Å². The van der Waals surface area contributed by atoms with Gasteiger partial charge in [-0.05, 0) is 24.6 Å². The SMILES string of the molecule is CCOC(=O)Nc1ccc(C(O)CNC(C)C)cc1C#N. The molecule has 0 radical (unpaired) electrons. The predicted octanol–water partition coefficient (Wildman–Crippen LogP) is 2.16. The highest BCUT2D eigenvalue weighted by Gasteiger charge is 2.13. The standard InChI is InChI=1S/C15H21N3O3/c1-4-21-15(20)18-13-6-5-11(7-12(13)8-16)14(19)9-17-10(2)3/h5-7,10,14,17,19H,4,9H2,1-3H3,(H,18,20). The second-order valence-corrected chi connectivity index (χ2v) is 4.84. The van der Waals surface area contributed by atoms with Crippen LogP contribution in [0.5, 0.6) is 0 Å². The second kappa shape index (κ2) is 8.25. The molecule has 0 spiro atoms. The van der Waals surface area contributed by atoms with Crippen LogP contribution in [-0.2, 0) is 4.74 Å². The zero-order chi connectivity index (χ0) is 15.8. The van der Waals surface area contributed by atoms with Crippen molar-refractivity contribution in [3.63, 3.8) is 0 Å². The van der Waals surface area contributed by atoms with Crippen molar-refractivity contribution in [1.29, 1.82) is 5.26 Å². The number of aliphatic hydroxyl groups excluding tert-OH is 1. The third-order valence-corrected chi connectivity index (χ3v) is 2.78. The van der Waals surface area contributed by atoms with Crippen LogP contribution in [0.1, 0.15) is 38.0 Å². The van der Waals surface area contributed by atoms with Gasteiger partial charge >= 0.3 is 6.09 Å². The maximum atomic E-state index is 11.4. The minimum absolute atomic E-state index is 0.255. The van der Waals surface area contributed by atoms with E-state index in [0.29, 0.717) is 17.8 Å². The van der Waals surface area contributed by atoms with Crippen LogP contribution < -0.4 is 10.6 Å². The Bertz CT molecular complexity index is 523. The molecule has 0 saturated carbocycles. The first-order chi connectivity index (χ1) is 9.97. The molecule has 0 saturated heterocycles. The number of nitrogens with one attached hydrogen (secondary N) is 2. The van der Waals surface area contributed by atoms with Gasteiger partial charge < -0.3 is 15.2 Å². The van der Waals surface area contributed by atoms with E-state index in [4.69, 9.17) is 10.00 Å². The fourth-order valence-electron chi connectivity index (χ4n) is 1.71. The fraction of sp³-hybridized carbons (Fsp3) is 0.467. The van der Waals surface area contributed by atoms with Crippen molar-refractivity contribution in [3.8, 4) is 6.07 Å². The number of nitrogens with zero attached hydrogens (tertiary/aromatic N) is 1. The van der Waals surface area contributed by atoms with Crippen molar-refractivity contribution in [3.05, 3.63) is 29.3 Å². The Morgan fingerprint density at radius 1 is 1.48 bits per heavy atom. The van der Waals surface area contributed by atoms with E-state index in [2.05, 4.69) is 10.6 Å². The van der Waals surface area contributed by atoms with Gasteiger partial charge in [-0.2, -0.15) is 5.26 Å². The van der Waals surface area contributed by atoms with E-state index >= 15 is 0 Å². The lowest BCUT2D eigenvalue weighted by atomic mass is 10.0. The summed E-state index contributed by atoms with van der Waals surface area (Å²) in [5.74, 6) is 0. The van der Waals surface area contributed by atoms with E-state index in [-0.39, 0.29) is 18.2 Å². The lowest BCUT2D eigenvalue weighted by Crippen LogP contribution is -2.28. The van der Waals surface area contributed by atoms with Crippen LogP contribution in [-0.4, -0.2) is 30.4 Å². The lowest BCUT2D eigenvalue weighted by molar-refractivity contribution is 0.168. The van der Waals surface area contributed by atoms with E-state index in [0.717, 1.165) is 0 Å². The van der Waals surface area contributed by atoms with Gasteiger partial charge in [-0.25, -0.2) is 4.79 Å². The van der Waals surface area contributed by atoms with E-state index in [1.165, 1.54) is 0 Å². The molecule has 6 nitrogen and oxygen atoms in total. The van der Waals surface area contributed by atoms with Crippen LogP contribution in [0, 0.1) is 11.3 Å². The average Bonchev–Trinajstić information content (AvgIpc) is 2.45. The first-order valence-electron chi connectivity index (χ1n) is 6.87. The van der Waals surface area contributed by atoms with Gasteiger partial charge in [-0.3, -0.25) is 5.32 Å². The number of hydrogen-bond acceptors (Lipinski definition) is 5. The number of benzene rings is 1. The highest BCUT2D eigenvalue weighted by atomic mass is 16.5. The third kappa shape index (κ3) is 5.42. The van der Waals surface area contributed by atoms with Crippen LogP contribution in [0.4, 0.5) is 10.5 Å². The molecule has 1 unspecified atom stereocenters. The summed E-state index contributed by atoms with van der Waals surface area (Å²) in [4.78, 5) is 11.4. The molecule has 0 heterocycles. The van der Waals surface area contributed by atoms with E-state index in [1.54, 1.807) is 25.1 Å². The minimum Gasteiger partial charge on any atom is -0.450 e. The molecule has 21 heavy (non-hydrogen) atoms. The topological polar surface area (TPSA) is 94.4 Å². The molecular weight excluding hydrogens is 270 g/mol. The number of ether oxygens (including phenoxy) is 1. The highest BCUT2D eigenvalue weighted by molar-refractivity contribution is 5.86. The molecule has 0 aromatic heterocycles. The smallest absolute Gasteiger partial charge is 0.411 e. The molecule has 6 heteroatoms. The molecule has 0 fully saturated rings. The van der Waals surface area contributed by atoms with Gasteiger partial charge in [0.15, 0.2) is 0 Å². The Labute approximate surface area is 124 Å². The van der Waals surface area contributed by atoms with Gasteiger partial charge in [0.1, 0.15) is 6.07 Å². The number of rotatable bonds is 6. The molecule has 0 aliphatic heterocycles. The summed E-state index contributed by atoms with van der Waals surface area (Å²) in [6.45, 7) is 6.32. The molecule has 1 atom stereocenters. The monoisotopic (exact) mass is 291 g/mol. The minimum atomic E-state index is -0.712. The van der Waals surface area contributed by atoms with Gasteiger partial charge in [0, 0.05) is 12.6 Å². The number of anilines is 1. The highest BCUT2D eigenvalue weighted by Crippen LogP contribution is 2.21. The number of carbonyl (C=O) groups is 1. The number of nitriles is 1. The first kappa shape index (κ1) is 17.0. The predicted molar refractivity (Wildman–Crippen MR) is 79.9 cm³/mol. The van der Waals surface area contributed by atoms with Crippen molar-refractivity contribution in [2.24, 2.45) is 0 Å². The number of hydrogen-bond donors (Lipinski definition) is 3. The summed E-state index contributed by atoms with van der Waals surface area (Å²) >= 11 is 0. The molecule has 1 aromatic carbocycles. The van der Waals surface area contributed by atoms with Crippen molar-refractivity contribution < 1.29 is 14.6 Å². The molecule has 3 N–H and O–H groups in total. The van der Waals surface area contributed by atoms with Crippen LogP contribution in [0.15, 0.2) is 18.2 Å². The third-order valence-electron chi connectivity index (χ3n) is 2.78. The molecule has 114 valence electrons. The summed E-state index contributed by atoms with van der Waals surface area (Å²) in [6.07, 6.45) is -1.32. The number of carbonyl (C=O) groups excluding carboxylic acids is 1. The van der Waals surface area contributed by atoms with Crippen molar-refractivity contribution in [2.75, 3.05) is 18.5 Å². The van der Waals surface area contributed by atoms with E-state index < -0.39 is 12.2 Å². The number of aliphatic hydroxyl groups is 1. The molecule has 0 bridgehead atoms. The molecule has 0 aliphatic carbocycles. The van der Waals surface area contributed by atoms with Gasteiger partial charge in [-0.1, -0.05) is 19.9 Å². The van der Waals surface area contributed by atoms with Gasteiger partial charge in [0.25, 0.3) is 0 Å². The average molecular weight is 291 g/mol. The van der Waals surface area contributed by atoms with E-state index in [1.807, 2.05) is 19.9 Å². The fourth-order valence-corrected chi connectivity index (χ4v) is 1.71. The summed E-state index contributed by atoms with van der Waals surface area (Å²) in [6, 6.07) is 7.09. The van der Waals surface area contributed by atoms with Gasteiger partial charge in [-0.15, -0.1) is 0 Å². The van der Waals surface area contributed by atoms with Crippen molar-refractivity contribution in [2.45, 2.75) is 32.9 Å². The molecule has 0 aliphatic rings. The zero-order valence-electron chi connectivity index (χ0n) is 12.5. The second-order valence-electron chi connectivity index (χ2n) is 4.84. The van der Waals surface area contributed by atoms with Crippen molar-refractivity contribution in [1.82, 2.24) is 5.32 Å². The molecule has 1 amide bonds. The largest absolute Gasteiger partial charge is 0.450 e. The molecular formula is C15H21N3O3. The van der Waals surface area contributed by atoms with Crippen LogP contribution in [0.25, 0.3) is 0 Å². The maximum Gasteiger partial charge on any atom is 0.411 e. The quantitative estimate of drug-likeness (QED) is 0.746. The maximum absolute atomic E-state index is 11.4. The zero-order valence-corrected chi connectivity index (χ0v) is 12.5. The van der Waals surface area contributed by atoms with E-state index in [9.17, 15) is 9.90 Å². The summed E-state index contributed by atoms with van der Waals surface area (Å²) in [5.41, 5.74) is 1.27. The first-order valence-corrected chi connectivity index (χ1v) is 6.87. The normalized spacial score (nSPS) is 11.8. The Balaban J connectivity index is 2.83. The Kier molecular flexibility index (Phi) is 6.66. The molecule has 1 aromatic rings. The Morgan fingerprint density at radius 3 is 2.76 bits per heavy atom. The molecule has 1 rings (SSSR count). The Hall–Kier alpha value is -2.10. The number of amides is 1. The summed E-state index contributed by atoms with van der Waals surface area (Å²) in [5, 5.41) is 24.8. The van der Waals surface area contributed by atoms with Crippen LogP contribution in [0.3, 0.4) is 0 Å². The van der Waals surface area contributed by atoms with Crippen LogP contribution >= 0.6 is 0 Å². The van der Waals surface area contributed by atoms with Crippen molar-refractivity contribution >= 4 is 11.8 Å². The van der Waals surface area contributed by atoms with Crippen LogP contribution in [0.2, 0.25) is 0 Å². The lowest BCUT2D eigenvalue weighted by Gasteiger charge is -2.15. The Morgan fingerprint density at radius 2 is 2.19 bits per heavy atom. The summed E-state index contributed by atoms with van der Waals surface area (Å²) < 4.78 is 4.77.